The average molecular weight is 517 g/mol. The third-order valence-corrected chi connectivity index (χ3v) is 8.35. The van der Waals surface area contributed by atoms with Crippen LogP contribution in [0, 0.1) is 12.8 Å². The van der Waals surface area contributed by atoms with Gasteiger partial charge in [0.25, 0.3) is 0 Å². The quantitative estimate of drug-likeness (QED) is 0.305. The van der Waals surface area contributed by atoms with E-state index >= 15 is 0 Å². The molecule has 37 heavy (non-hydrogen) atoms. The number of carbonyl (C=O) groups is 2. The highest BCUT2D eigenvalue weighted by Crippen LogP contribution is 2.42. The summed E-state index contributed by atoms with van der Waals surface area (Å²) >= 11 is 1.49. The van der Waals surface area contributed by atoms with Crippen molar-refractivity contribution in [1.29, 1.82) is 0 Å². The summed E-state index contributed by atoms with van der Waals surface area (Å²) in [6, 6.07) is 23.7. The topological polar surface area (TPSA) is 58.6 Å². The Hall–Kier alpha value is -3.25. The Labute approximate surface area is 224 Å². The van der Waals surface area contributed by atoms with Gasteiger partial charge in [0.15, 0.2) is 0 Å². The summed E-state index contributed by atoms with van der Waals surface area (Å²) in [5.74, 6) is 0.178. The van der Waals surface area contributed by atoms with E-state index in [1.54, 1.807) is 0 Å². The number of carbonyl (C=O) groups excluding carboxylic acids is 2. The summed E-state index contributed by atoms with van der Waals surface area (Å²) in [6.45, 7) is 9.20. The Morgan fingerprint density at radius 3 is 2.46 bits per heavy atom. The number of ether oxygens (including phenoxy) is 1. The fourth-order valence-electron chi connectivity index (χ4n) is 4.43. The molecule has 2 amide bonds. The summed E-state index contributed by atoms with van der Waals surface area (Å²) in [4.78, 5) is 29.9. The molecule has 1 heterocycles. The van der Waals surface area contributed by atoms with E-state index in [0.29, 0.717) is 13.2 Å². The van der Waals surface area contributed by atoms with Crippen molar-refractivity contribution in [2.24, 2.45) is 5.92 Å². The van der Waals surface area contributed by atoms with E-state index in [-0.39, 0.29) is 17.9 Å². The van der Waals surface area contributed by atoms with Gasteiger partial charge in [0.1, 0.15) is 11.0 Å². The highest BCUT2D eigenvalue weighted by Gasteiger charge is 2.39. The lowest BCUT2D eigenvalue weighted by atomic mass is 10.0. The van der Waals surface area contributed by atoms with Gasteiger partial charge < -0.3 is 15.0 Å². The molecular formula is C31H36N2O3S. The Balaban J connectivity index is 1.46. The fraction of sp³-hybridized carbons (Fsp3) is 0.355. The van der Waals surface area contributed by atoms with Crippen molar-refractivity contribution in [3.8, 4) is 5.75 Å². The SMILES string of the molecule is CCCCOc1ccc([C@H](C)NC(=O)[C@H](C)[C@@H]2Sc3ccccc3N(Cc3ccccc3C)C2=O)cc1. The Morgan fingerprint density at radius 1 is 1.03 bits per heavy atom. The van der Waals surface area contributed by atoms with Crippen molar-refractivity contribution >= 4 is 29.3 Å². The number of hydrogen-bond acceptors (Lipinski definition) is 4. The van der Waals surface area contributed by atoms with E-state index < -0.39 is 11.2 Å². The minimum Gasteiger partial charge on any atom is -0.494 e. The summed E-state index contributed by atoms with van der Waals surface area (Å²) in [5.41, 5.74) is 4.14. The van der Waals surface area contributed by atoms with Crippen molar-refractivity contribution in [3.63, 3.8) is 0 Å². The first kappa shape index (κ1) is 26.8. The minimum absolute atomic E-state index is 0.0316. The zero-order valence-electron chi connectivity index (χ0n) is 22.1. The molecule has 0 saturated heterocycles. The molecule has 194 valence electrons. The largest absolute Gasteiger partial charge is 0.494 e. The normalized spacial score (nSPS) is 16.6. The van der Waals surface area contributed by atoms with Crippen LogP contribution in [0.2, 0.25) is 0 Å². The molecule has 0 radical (unpaired) electrons. The van der Waals surface area contributed by atoms with Gasteiger partial charge in [-0.15, -0.1) is 11.8 Å². The number of benzene rings is 3. The second-order valence-electron chi connectivity index (χ2n) is 9.65. The van der Waals surface area contributed by atoms with Gasteiger partial charge >= 0.3 is 0 Å². The lowest BCUT2D eigenvalue weighted by Gasteiger charge is -2.36. The van der Waals surface area contributed by atoms with Gasteiger partial charge in [-0.25, -0.2) is 0 Å². The van der Waals surface area contributed by atoms with Gasteiger partial charge in [-0.3, -0.25) is 9.59 Å². The first-order valence-electron chi connectivity index (χ1n) is 13.0. The summed E-state index contributed by atoms with van der Waals surface area (Å²) in [5, 5.41) is 2.62. The smallest absolute Gasteiger partial charge is 0.241 e. The molecule has 1 aliphatic heterocycles. The fourth-order valence-corrected chi connectivity index (χ4v) is 5.71. The summed E-state index contributed by atoms with van der Waals surface area (Å²) in [6.07, 6.45) is 2.12. The maximum absolute atomic E-state index is 13.8. The van der Waals surface area contributed by atoms with E-state index in [1.807, 2.05) is 79.4 Å². The third kappa shape index (κ3) is 6.37. The molecule has 1 N–H and O–H groups in total. The van der Waals surface area contributed by atoms with Crippen LogP contribution >= 0.6 is 11.8 Å². The molecule has 1 aliphatic rings. The number of nitrogens with zero attached hydrogens (tertiary/aromatic N) is 1. The van der Waals surface area contributed by atoms with E-state index in [1.165, 1.54) is 11.8 Å². The van der Waals surface area contributed by atoms with Crippen LogP contribution in [-0.2, 0) is 16.1 Å². The average Bonchev–Trinajstić information content (AvgIpc) is 2.91. The highest BCUT2D eigenvalue weighted by atomic mass is 32.2. The van der Waals surface area contributed by atoms with Crippen molar-refractivity contribution in [2.75, 3.05) is 11.5 Å². The Bertz CT molecular complexity index is 1230. The number of aryl methyl sites for hydroxylation is 1. The number of rotatable bonds is 10. The maximum Gasteiger partial charge on any atom is 0.241 e. The van der Waals surface area contributed by atoms with Gasteiger partial charge in [0.05, 0.1) is 30.8 Å². The van der Waals surface area contributed by atoms with Crippen molar-refractivity contribution < 1.29 is 14.3 Å². The molecule has 3 aromatic carbocycles. The molecule has 0 aliphatic carbocycles. The van der Waals surface area contributed by atoms with Gasteiger partial charge in [0, 0.05) is 4.90 Å². The predicted molar refractivity (Wildman–Crippen MR) is 151 cm³/mol. The highest BCUT2D eigenvalue weighted by molar-refractivity contribution is 8.01. The maximum atomic E-state index is 13.8. The van der Waals surface area contributed by atoms with Gasteiger partial charge in [0.2, 0.25) is 11.8 Å². The van der Waals surface area contributed by atoms with E-state index in [4.69, 9.17) is 4.74 Å². The number of fused-ring (bicyclic) bond motifs is 1. The molecular weight excluding hydrogens is 480 g/mol. The Morgan fingerprint density at radius 2 is 1.73 bits per heavy atom. The van der Waals surface area contributed by atoms with Crippen LogP contribution in [-0.4, -0.2) is 23.7 Å². The van der Waals surface area contributed by atoms with E-state index in [0.717, 1.165) is 45.9 Å². The van der Waals surface area contributed by atoms with Crippen LogP contribution in [0.4, 0.5) is 5.69 Å². The Kier molecular flexibility index (Phi) is 8.93. The molecule has 0 unspecified atom stereocenters. The number of unbranched alkanes of at least 4 members (excludes halogenated alkanes) is 1. The second kappa shape index (κ2) is 12.3. The van der Waals surface area contributed by atoms with E-state index in [9.17, 15) is 9.59 Å². The molecule has 0 fully saturated rings. The van der Waals surface area contributed by atoms with Crippen LogP contribution in [0.5, 0.6) is 5.75 Å². The van der Waals surface area contributed by atoms with E-state index in [2.05, 4.69) is 31.3 Å². The molecule has 0 saturated carbocycles. The van der Waals surface area contributed by atoms with Crippen molar-refractivity contribution in [1.82, 2.24) is 5.32 Å². The summed E-state index contributed by atoms with van der Waals surface area (Å²) < 4.78 is 5.75. The molecule has 0 spiro atoms. The van der Waals surface area contributed by atoms with Crippen LogP contribution in [0.1, 0.15) is 56.3 Å². The van der Waals surface area contributed by atoms with Gasteiger partial charge in [-0.2, -0.15) is 0 Å². The first-order valence-corrected chi connectivity index (χ1v) is 13.9. The minimum atomic E-state index is -0.500. The number of anilines is 1. The monoisotopic (exact) mass is 516 g/mol. The molecule has 3 atom stereocenters. The number of para-hydroxylation sites is 1. The predicted octanol–water partition coefficient (Wildman–Crippen LogP) is 6.69. The van der Waals surface area contributed by atoms with Gasteiger partial charge in [-0.1, -0.05) is 68.8 Å². The van der Waals surface area contributed by atoms with Crippen LogP contribution < -0.4 is 15.0 Å². The first-order chi connectivity index (χ1) is 17.9. The molecule has 4 rings (SSSR count). The zero-order valence-corrected chi connectivity index (χ0v) is 22.9. The second-order valence-corrected chi connectivity index (χ2v) is 10.8. The molecule has 3 aromatic rings. The molecule has 6 heteroatoms. The number of hydrogen-bond donors (Lipinski definition) is 1. The number of nitrogens with one attached hydrogen (secondary N) is 1. The molecule has 0 bridgehead atoms. The van der Waals surface area contributed by atoms with Crippen molar-refractivity contribution in [3.05, 3.63) is 89.5 Å². The van der Waals surface area contributed by atoms with Gasteiger partial charge in [-0.05, 0) is 61.2 Å². The van der Waals surface area contributed by atoms with Crippen LogP contribution in [0.15, 0.2) is 77.7 Å². The van der Waals surface area contributed by atoms with Crippen LogP contribution in [0.25, 0.3) is 0 Å². The third-order valence-electron chi connectivity index (χ3n) is 6.88. The number of thioether (sulfide) groups is 1. The standard InChI is InChI=1S/C31H36N2O3S/c1-5-6-19-36-26-17-15-24(16-18-26)23(4)32-30(34)22(3)29-31(35)33(20-25-12-8-7-11-21(25)2)27-13-9-10-14-28(27)37-29/h7-18,22-23,29H,5-6,19-20H2,1-4H3,(H,32,34)/t22-,23+,29+/m1/s1. The summed E-state index contributed by atoms with van der Waals surface area (Å²) in [7, 11) is 0. The number of amides is 2. The molecule has 5 nitrogen and oxygen atoms in total. The van der Waals surface area contributed by atoms with Crippen molar-refractivity contribution in [2.45, 2.75) is 63.3 Å². The zero-order chi connectivity index (χ0) is 26.4. The lowest BCUT2D eigenvalue weighted by Crippen LogP contribution is -2.47. The molecule has 0 aromatic heterocycles. The lowest BCUT2D eigenvalue weighted by molar-refractivity contribution is -0.128. The van der Waals surface area contributed by atoms with Crippen LogP contribution in [0.3, 0.4) is 0 Å².